The summed E-state index contributed by atoms with van der Waals surface area (Å²) in [5.74, 6) is 5.52. The van der Waals surface area contributed by atoms with Gasteiger partial charge in [0.2, 0.25) is 0 Å². The molecule has 1 aromatic heterocycles. The standard InChI is InChI=1S/C9H15N3OS/c10-12-8(9-2-1-3-13-9)4-7-5-11-6-14-7/h5-6,8-9,12H,1-4,10H2. The minimum Gasteiger partial charge on any atom is -0.377 e. The van der Waals surface area contributed by atoms with Crippen LogP contribution in [0.25, 0.3) is 0 Å². The Morgan fingerprint density at radius 3 is 3.29 bits per heavy atom. The van der Waals surface area contributed by atoms with Gasteiger partial charge in [-0.05, 0) is 12.8 Å². The Hall–Kier alpha value is -0.490. The van der Waals surface area contributed by atoms with Gasteiger partial charge in [0.15, 0.2) is 0 Å². The van der Waals surface area contributed by atoms with Crippen molar-refractivity contribution in [2.45, 2.75) is 31.4 Å². The topological polar surface area (TPSA) is 60.2 Å². The van der Waals surface area contributed by atoms with Crippen molar-refractivity contribution in [2.24, 2.45) is 5.84 Å². The van der Waals surface area contributed by atoms with Gasteiger partial charge in [0.05, 0.1) is 17.7 Å². The second-order valence-corrected chi connectivity index (χ2v) is 4.47. The molecule has 1 saturated heterocycles. The fourth-order valence-corrected chi connectivity index (χ4v) is 2.43. The predicted octanol–water partition coefficient (Wildman–Crippen LogP) is 0.696. The molecule has 2 unspecified atom stereocenters. The third-order valence-electron chi connectivity index (χ3n) is 2.53. The summed E-state index contributed by atoms with van der Waals surface area (Å²) in [7, 11) is 0. The van der Waals surface area contributed by atoms with E-state index < -0.39 is 0 Å². The van der Waals surface area contributed by atoms with Gasteiger partial charge in [-0.15, -0.1) is 11.3 Å². The van der Waals surface area contributed by atoms with E-state index in [2.05, 4.69) is 10.4 Å². The van der Waals surface area contributed by atoms with Crippen LogP contribution in [0.15, 0.2) is 11.7 Å². The second kappa shape index (κ2) is 4.84. The van der Waals surface area contributed by atoms with Gasteiger partial charge in [0.25, 0.3) is 0 Å². The highest BCUT2D eigenvalue weighted by Crippen LogP contribution is 2.19. The third-order valence-corrected chi connectivity index (χ3v) is 3.33. The molecule has 14 heavy (non-hydrogen) atoms. The SMILES string of the molecule is NNC(Cc1cncs1)C1CCCO1. The van der Waals surface area contributed by atoms with Crippen molar-refractivity contribution in [3.05, 3.63) is 16.6 Å². The van der Waals surface area contributed by atoms with Gasteiger partial charge in [-0.1, -0.05) is 0 Å². The molecule has 0 amide bonds. The van der Waals surface area contributed by atoms with Gasteiger partial charge in [0, 0.05) is 24.1 Å². The number of hydrazine groups is 1. The molecule has 2 rings (SSSR count). The Bertz CT molecular complexity index is 259. The molecule has 1 aromatic rings. The lowest BCUT2D eigenvalue weighted by Crippen LogP contribution is -2.45. The molecule has 2 heterocycles. The first-order valence-electron chi connectivity index (χ1n) is 4.85. The van der Waals surface area contributed by atoms with Crippen LogP contribution in [0.2, 0.25) is 0 Å². The lowest BCUT2D eigenvalue weighted by Gasteiger charge is -2.21. The number of aromatic nitrogens is 1. The van der Waals surface area contributed by atoms with E-state index in [4.69, 9.17) is 10.6 Å². The number of hydrogen-bond donors (Lipinski definition) is 2. The molecule has 3 N–H and O–H groups in total. The van der Waals surface area contributed by atoms with Crippen LogP contribution in [-0.2, 0) is 11.2 Å². The van der Waals surface area contributed by atoms with E-state index in [1.165, 1.54) is 4.88 Å². The molecule has 0 saturated carbocycles. The van der Waals surface area contributed by atoms with E-state index in [0.717, 1.165) is 25.9 Å². The van der Waals surface area contributed by atoms with Crippen molar-refractivity contribution < 1.29 is 4.74 Å². The van der Waals surface area contributed by atoms with Crippen LogP contribution in [0.5, 0.6) is 0 Å². The van der Waals surface area contributed by atoms with E-state index in [1.807, 2.05) is 11.7 Å². The molecule has 0 bridgehead atoms. The van der Waals surface area contributed by atoms with Crippen LogP contribution < -0.4 is 11.3 Å². The molecular weight excluding hydrogens is 198 g/mol. The molecule has 0 radical (unpaired) electrons. The largest absolute Gasteiger partial charge is 0.377 e. The van der Waals surface area contributed by atoms with Gasteiger partial charge < -0.3 is 4.74 Å². The molecule has 1 aliphatic rings. The van der Waals surface area contributed by atoms with Gasteiger partial charge in [-0.3, -0.25) is 16.3 Å². The number of ether oxygens (including phenoxy) is 1. The maximum Gasteiger partial charge on any atom is 0.0794 e. The van der Waals surface area contributed by atoms with Crippen molar-refractivity contribution in [1.29, 1.82) is 0 Å². The summed E-state index contributed by atoms with van der Waals surface area (Å²) in [6.45, 7) is 0.867. The van der Waals surface area contributed by atoms with E-state index in [9.17, 15) is 0 Å². The minimum absolute atomic E-state index is 0.220. The highest BCUT2D eigenvalue weighted by Gasteiger charge is 2.25. The highest BCUT2D eigenvalue weighted by molar-refractivity contribution is 7.09. The van der Waals surface area contributed by atoms with Crippen LogP contribution in [-0.4, -0.2) is 23.7 Å². The number of nitrogens with one attached hydrogen (secondary N) is 1. The molecule has 0 aromatic carbocycles. The maximum atomic E-state index is 5.60. The monoisotopic (exact) mass is 213 g/mol. The predicted molar refractivity (Wildman–Crippen MR) is 55.9 cm³/mol. The number of rotatable bonds is 4. The summed E-state index contributed by atoms with van der Waals surface area (Å²) in [6, 6.07) is 0.220. The highest BCUT2D eigenvalue weighted by atomic mass is 32.1. The number of nitrogens with zero attached hydrogens (tertiary/aromatic N) is 1. The first kappa shape index (κ1) is 10.0. The summed E-state index contributed by atoms with van der Waals surface area (Å²) in [6.07, 6.45) is 5.32. The number of hydrogen-bond acceptors (Lipinski definition) is 5. The Kier molecular flexibility index (Phi) is 3.47. The van der Waals surface area contributed by atoms with Crippen molar-refractivity contribution in [3.63, 3.8) is 0 Å². The molecular formula is C9H15N3OS. The van der Waals surface area contributed by atoms with E-state index >= 15 is 0 Å². The second-order valence-electron chi connectivity index (χ2n) is 3.50. The van der Waals surface area contributed by atoms with Crippen LogP contribution in [0, 0.1) is 0 Å². The zero-order chi connectivity index (χ0) is 9.80. The summed E-state index contributed by atoms with van der Waals surface area (Å²) >= 11 is 1.66. The quantitative estimate of drug-likeness (QED) is 0.571. The molecule has 2 atom stereocenters. The first-order chi connectivity index (χ1) is 6.90. The molecule has 0 spiro atoms. The smallest absolute Gasteiger partial charge is 0.0794 e. The average molecular weight is 213 g/mol. The van der Waals surface area contributed by atoms with Crippen molar-refractivity contribution in [1.82, 2.24) is 10.4 Å². The number of nitrogens with two attached hydrogens (primary N) is 1. The summed E-state index contributed by atoms with van der Waals surface area (Å²) in [5, 5.41) is 0. The van der Waals surface area contributed by atoms with Gasteiger partial charge >= 0.3 is 0 Å². The molecule has 1 fully saturated rings. The Balaban J connectivity index is 1.92. The molecule has 0 aliphatic carbocycles. The first-order valence-corrected chi connectivity index (χ1v) is 5.73. The summed E-state index contributed by atoms with van der Waals surface area (Å²) in [4.78, 5) is 5.30. The van der Waals surface area contributed by atoms with E-state index in [0.29, 0.717) is 0 Å². The fraction of sp³-hybridized carbons (Fsp3) is 0.667. The van der Waals surface area contributed by atoms with Crippen LogP contribution in [0.4, 0.5) is 0 Å². The Labute approximate surface area is 87.4 Å². The van der Waals surface area contributed by atoms with E-state index in [-0.39, 0.29) is 12.1 Å². The Morgan fingerprint density at radius 1 is 1.79 bits per heavy atom. The van der Waals surface area contributed by atoms with Gasteiger partial charge in [-0.2, -0.15) is 0 Å². The molecule has 5 heteroatoms. The van der Waals surface area contributed by atoms with Crippen molar-refractivity contribution in [2.75, 3.05) is 6.61 Å². The third kappa shape index (κ3) is 2.30. The van der Waals surface area contributed by atoms with Crippen LogP contribution >= 0.6 is 11.3 Å². The van der Waals surface area contributed by atoms with Crippen LogP contribution in [0.3, 0.4) is 0 Å². The average Bonchev–Trinajstić information content (AvgIpc) is 2.86. The fourth-order valence-electron chi connectivity index (χ4n) is 1.78. The molecule has 78 valence electrons. The van der Waals surface area contributed by atoms with E-state index in [1.54, 1.807) is 11.3 Å². The number of thiazole rings is 1. The zero-order valence-electron chi connectivity index (χ0n) is 7.98. The van der Waals surface area contributed by atoms with Crippen molar-refractivity contribution in [3.8, 4) is 0 Å². The Morgan fingerprint density at radius 2 is 2.71 bits per heavy atom. The lowest BCUT2D eigenvalue weighted by molar-refractivity contribution is 0.0787. The van der Waals surface area contributed by atoms with Gasteiger partial charge in [-0.25, -0.2) is 0 Å². The minimum atomic E-state index is 0.220. The summed E-state index contributed by atoms with van der Waals surface area (Å²) in [5.41, 5.74) is 4.68. The van der Waals surface area contributed by atoms with Crippen molar-refractivity contribution >= 4 is 11.3 Å². The lowest BCUT2D eigenvalue weighted by atomic mass is 10.1. The molecule has 1 aliphatic heterocycles. The summed E-state index contributed by atoms with van der Waals surface area (Å²) < 4.78 is 5.60. The maximum absolute atomic E-state index is 5.60. The van der Waals surface area contributed by atoms with Gasteiger partial charge in [0.1, 0.15) is 0 Å². The van der Waals surface area contributed by atoms with Crippen LogP contribution in [0.1, 0.15) is 17.7 Å². The molecule has 4 nitrogen and oxygen atoms in total. The zero-order valence-corrected chi connectivity index (χ0v) is 8.80. The normalized spacial score (nSPS) is 23.9.